The number of aromatic nitrogens is 2. The summed E-state index contributed by atoms with van der Waals surface area (Å²) in [6.45, 7) is 4.38. The van der Waals surface area contributed by atoms with E-state index in [0.717, 1.165) is 43.3 Å². The van der Waals surface area contributed by atoms with Crippen molar-refractivity contribution < 1.29 is 9.47 Å². The number of H-pyrrole nitrogens is 1. The molecule has 0 bridgehead atoms. The summed E-state index contributed by atoms with van der Waals surface area (Å²) in [6, 6.07) is 15.1. The summed E-state index contributed by atoms with van der Waals surface area (Å²) in [5.74, 6) is 2.81. The molecule has 2 aromatic carbocycles. The number of para-hydroxylation sites is 1. The van der Waals surface area contributed by atoms with Crippen LogP contribution < -0.4 is 14.4 Å². The zero-order valence-corrected chi connectivity index (χ0v) is 18.1. The van der Waals surface area contributed by atoms with E-state index < -0.39 is 0 Å². The fourth-order valence-corrected chi connectivity index (χ4v) is 5.39. The van der Waals surface area contributed by atoms with E-state index in [1.165, 1.54) is 34.7 Å². The minimum atomic E-state index is 0.317. The van der Waals surface area contributed by atoms with Crippen molar-refractivity contribution in [3.8, 4) is 11.5 Å². The van der Waals surface area contributed by atoms with Crippen LogP contribution in [0.15, 0.2) is 53.6 Å². The standard InChI is InChI=1S/C24H27N3O2S/c1-2-3-8-24-25-14-18(26-24)15-27-12-11-22(30-23-7-5-4-6-19(23)27)17-9-10-20-21(13-17)29-16-28-20/h4-7,9-10,13-14,22H,2-3,8,11-12,15-16H2,1H3,(H,25,26). The van der Waals surface area contributed by atoms with E-state index in [9.17, 15) is 0 Å². The smallest absolute Gasteiger partial charge is 0.231 e. The number of aryl methyl sites for hydroxylation is 1. The average molecular weight is 422 g/mol. The molecule has 0 fully saturated rings. The summed E-state index contributed by atoms with van der Waals surface area (Å²) in [6.07, 6.45) is 6.45. The molecule has 5 nitrogen and oxygen atoms in total. The zero-order chi connectivity index (χ0) is 20.3. The highest BCUT2D eigenvalue weighted by Gasteiger charge is 2.25. The minimum Gasteiger partial charge on any atom is -0.454 e. The fraction of sp³-hybridized carbons (Fsp3) is 0.375. The summed E-state index contributed by atoms with van der Waals surface area (Å²) < 4.78 is 11.1. The van der Waals surface area contributed by atoms with E-state index in [2.05, 4.69) is 58.2 Å². The zero-order valence-electron chi connectivity index (χ0n) is 17.3. The summed E-state index contributed by atoms with van der Waals surface area (Å²) in [7, 11) is 0. The van der Waals surface area contributed by atoms with Crippen molar-refractivity contribution in [3.63, 3.8) is 0 Å². The van der Waals surface area contributed by atoms with Crippen LogP contribution in [0, 0.1) is 0 Å². The Bertz CT molecular complexity index is 1020. The predicted molar refractivity (Wildman–Crippen MR) is 120 cm³/mol. The predicted octanol–water partition coefficient (Wildman–Crippen LogP) is 5.72. The largest absolute Gasteiger partial charge is 0.454 e. The van der Waals surface area contributed by atoms with Crippen LogP contribution in [0.25, 0.3) is 0 Å². The van der Waals surface area contributed by atoms with Crippen molar-refractivity contribution in [1.29, 1.82) is 0 Å². The van der Waals surface area contributed by atoms with Crippen molar-refractivity contribution in [2.75, 3.05) is 18.2 Å². The van der Waals surface area contributed by atoms with Gasteiger partial charge in [-0.25, -0.2) is 4.98 Å². The molecule has 1 aromatic heterocycles. The van der Waals surface area contributed by atoms with Gasteiger partial charge in [-0.05, 0) is 42.7 Å². The van der Waals surface area contributed by atoms with Gasteiger partial charge in [-0.2, -0.15) is 0 Å². The number of anilines is 1. The van der Waals surface area contributed by atoms with Crippen molar-refractivity contribution in [2.45, 2.75) is 49.3 Å². The Morgan fingerprint density at radius 2 is 2.07 bits per heavy atom. The number of hydrogen-bond donors (Lipinski definition) is 1. The molecule has 3 heterocycles. The van der Waals surface area contributed by atoms with E-state index in [-0.39, 0.29) is 0 Å². The van der Waals surface area contributed by atoms with Gasteiger partial charge in [0.05, 0.1) is 24.1 Å². The third kappa shape index (κ3) is 4.01. The van der Waals surface area contributed by atoms with E-state index in [1.807, 2.05) is 24.0 Å². The van der Waals surface area contributed by atoms with Gasteiger partial charge in [0, 0.05) is 23.1 Å². The first-order chi connectivity index (χ1) is 14.8. The van der Waals surface area contributed by atoms with E-state index in [0.29, 0.717) is 12.0 Å². The number of unbranched alkanes of at least 4 members (excludes halogenated alkanes) is 1. The first-order valence-corrected chi connectivity index (χ1v) is 11.6. The quantitative estimate of drug-likeness (QED) is 0.551. The highest BCUT2D eigenvalue weighted by Crippen LogP contribution is 2.47. The number of fused-ring (bicyclic) bond motifs is 2. The Morgan fingerprint density at radius 3 is 3.00 bits per heavy atom. The highest BCUT2D eigenvalue weighted by molar-refractivity contribution is 7.99. The number of benzene rings is 2. The van der Waals surface area contributed by atoms with Crippen LogP contribution in [-0.2, 0) is 13.0 Å². The lowest BCUT2D eigenvalue weighted by molar-refractivity contribution is 0.174. The van der Waals surface area contributed by atoms with Gasteiger partial charge in [0.25, 0.3) is 0 Å². The highest BCUT2D eigenvalue weighted by atomic mass is 32.2. The second-order valence-corrected chi connectivity index (χ2v) is 9.10. The SMILES string of the molecule is CCCCc1ncc(CN2CCC(c3ccc4c(c3)OCO4)Sc3ccccc32)[nH]1. The second-order valence-electron chi connectivity index (χ2n) is 7.86. The third-order valence-electron chi connectivity index (χ3n) is 5.71. The molecule has 1 unspecified atom stereocenters. The molecule has 0 saturated heterocycles. The van der Waals surface area contributed by atoms with E-state index in [4.69, 9.17) is 9.47 Å². The Kier molecular flexibility index (Phi) is 5.58. The normalized spacial score (nSPS) is 17.6. The minimum absolute atomic E-state index is 0.317. The van der Waals surface area contributed by atoms with Gasteiger partial charge >= 0.3 is 0 Å². The number of nitrogens with one attached hydrogen (secondary N) is 1. The van der Waals surface area contributed by atoms with Gasteiger partial charge in [0.15, 0.2) is 11.5 Å². The Labute approximate surface area is 181 Å². The Hall–Kier alpha value is -2.60. The topological polar surface area (TPSA) is 50.4 Å². The van der Waals surface area contributed by atoms with Gasteiger partial charge in [-0.3, -0.25) is 0 Å². The molecule has 30 heavy (non-hydrogen) atoms. The van der Waals surface area contributed by atoms with E-state index in [1.54, 1.807) is 0 Å². The molecule has 0 radical (unpaired) electrons. The van der Waals surface area contributed by atoms with Crippen LogP contribution in [0.5, 0.6) is 11.5 Å². The number of aromatic amines is 1. The summed E-state index contributed by atoms with van der Waals surface area (Å²) in [5, 5.41) is 0.382. The lowest BCUT2D eigenvalue weighted by Crippen LogP contribution is -2.24. The van der Waals surface area contributed by atoms with Crippen molar-refractivity contribution in [3.05, 3.63) is 65.7 Å². The average Bonchev–Trinajstić information content (AvgIpc) is 3.39. The van der Waals surface area contributed by atoms with Crippen LogP contribution in [0.2, 0.25) is 0 Å². The molecule has 2 aliphatic heterocycles. The van der Waals surface area contributed by atoms with Crippen molar-refractivity contribution >= 4 is 17.4 Å². The van der Waals surface area contributed by atoms with Crippen LogP contribution in [-0.4, -0.2) is 23.3 Å². The van der Waals surface area contributed by atoms with Gasteiger partial charge in [0.1, 0.15) is 5.82 Å². The lowest BCUT2D eigenvalue weighted by Gasteiger charge is -2.23. The summed E-state index contributed by atoms with van der Waals surface area (Å²) in [5.41, 5.74) is 3.78. The number of hydrogen-bond acceptors (Lipinski definition) is 5. The molecule has 1 atom stereocenters. The maximum Gasteiger partial charge on any atom is 0.231 e. The number of thioether (sulfide) groups is 1. The Balaban J connectivity index is 1.37. The molecule has 0 amide bonds. The molecule has 0 spiro atoms. The van der Waals surface area contributed by atoms with Crippen LogP contribution in [0.4, 0.5) is 5.69 Å². The third-order valence-corrected chi connectivity index (χ3v) is 7.11. The molecule has 0 saturated carbocycles. The first-order valence-electron chi connectivity index (χ1n) is 10.7. The maximum atomic E-state index is 5.61. The lowest BCUT2D eigenvalue weighted by atomic mass is 10.1. The second kappa shape index (κ2) is 8.64. The number of imidazole rings is 1. The monoisotopic (exact) mass is 421 g/mol. The number of rotatable bonds is 6. The summed E-state index contributed by atoms with van der Waals surface area (Å²) >= 11 is 1.94. The van der Waals surface area contributed by atoms with Gasteiger partial charge < -0.3 is 19.4 Å². The first kappa shape index (κ1) is 19.4. The van der Waals surface area contributed by atoms with Crippen molar-refractivity contribution in [1.82, 2.24) is 9.97 Å². The van der Waals surface area contributed by atoms with Gasteiger partial charge in [0.2, 0.25) is 6.79 Å². The number of ether oxygens (including phenoxy) is 2. The molecule has 2 aliphatic rings. The molecule has 1 N–H and O–H groups in total. The Morgan fingerprint density at radius 1 is 1.17 bits per heavy atom. The summed E-state index contributed by atoms with van der Waals surface area (Å²) in [4.78, 5) is 11.9. The molecular weight excluding hydrogens is 394 g/mol. The number of nitrogens with zero attached hydrogens (tertiary/aromatic N) is 2. The molecule has 0 aliphatic carbocycles. The maximum absolute atomic E-state index is 5.61. The van der Waals surface area contributed by atoms with Crippen LogP contribution in [0.1, 0.15) is 48.5 Å². The fourth-order valence-electron chi connectivity index (χ4n) is 4.10. The molecule has 5 rings (SSSR count). The molecule has 156 valence electrons. The molecule has 3 aromatic rings. The molecule has 6 heteroatoms. The van der Waals surface area contributed by atoms with Gasteiger partial charge in [-0.15, -0.1) is 11.8 Å². The van der Waals surface area contributed by atoms with Crippen molar-refractivity contribution in [2.24, 2.45) is 0 Å². The van der Waals surface area contributed by atoms with Crippen LogP contribution in [0.3, 0.4) is 0 Å². The molecular formula is C24H27N3O2S. The van der Waals surface area contributed by atoms with Crippen LogP contribution >= 0.6 is 11.8 Å². The van der Waals surface area contributed by atoms with E-state index >= 15 is 0 Å². The van der Waals surface area contributed by atoms with Gasteiger partial charge in [-0.1, -0.05) is 31.5 Å².